The molecule has 9 heteroatoms. The Hall–Kier alpha value is -4.81. The number of aromatic nitrogens is 3. The van der Waals surface area contributed by atoms with Crippen LogP contribution in [0.1, 0.15) is 58.2 Å². The highest BCUT2D eigenvalue weighted by Gasteiger charge is 2.19. The zero-order valence-electron chi connectivity index (χ0n) is 22.8. The maximum atomic E-state index is 13.4. The highest BCUT2D eigenvalue weighted by atomic mass is 32.1. The average molecular weight is 563 g/mol. The number of unbranched alkanes of at least 4 members (excludes halogenated alkanes) is 1. The summed E-state index contributed by atoms with van der Waals surface area (Å²) >= 11 is 1.43. The second kappa shape index (κ2) is 13.0. The van der Waals surface area contributed by atoms with Gasteiger partial charge in [0.15, 0.2) is 0 Å². The van der Waals surface area contributed by atoms with Crippen molar-refractivity contribution in [2.24, 2.45) is 0 Å². The minimum atomic E-state index is -0.132. The van der Waals surface area contributed by atoms with Gasteiger partial charge in [-0.1, -0.05) is 25.5 Å². The number of carbonyl (C=O) groups excluding carboxylic acids is 2. The summed E-state index contributed by atoms with van der Waals surface area (Å²) in [6.45, 7) is 3.45. The van der Waals surface area contributed by atoms with Gasteiger partial charge in [-0.05, 0) is 71.5 Å². The van der Waals surface area contributed by atoms with Gasteiger partial charge in [0.25, 0.3) is 5.91 Å². The number of nitriles is 1. The summed E-state index contributed by atoms with van der Waals surface area (Å²) in [6.07, 6.45) is 9.15. The molecule has 2 aromatic carbocycles. The lowest BCUT2D eigenvalue weighted by atomic mass is 10.1. The molecule has 2 amide bonds. The summed E-state index contributed by atoms with van der Waals surface area (Å²) in [4.78, 5) is 37.1. The highest BCUT2D eigenvalue weighted by molar-refractivity contribution is 7.20. The van der Waals surface area contributed by atoms with Crippen LogP contribution in [0.25, 0.3) is 10.1 Å². The van der Waals surface area contributed by atoms with Crippen LogP contribution in [0.2, 0.25) is 0 Å². The molecule has 0 spiro atoms. The molecule has 1 N–H and O–H groups in total. The van der Waals surface area contributed by atoms with Crippen molar-refractivity contribution in [3.05, 3.63) is 113 Å². The molecule has 8 nitrogen and oxygen atoms in total. The first kappa shape index (κ1) is 27.7. The number of amides is 2. The second-order valence-corrected chi connectivity index (χ2v) is 10.9. The van der Waals surface area contributed by atoms with Crippen LogP contribution in [-0.2, 0) is 24.4 Å². The number of benzene rings is 2. The smallest absolute Gasteiger partial charge is 0.261 e. The maximum absolute atomic E-state index is 13.4. The molecule has 0 aliphatic carbocycles. The lowest BCUT2D eigenvalue weighted by Gasteiger charge is -2.24. The number of fused-ring (bicyclic) bond motifs is 1. The van der Waals surface area contributed by atoms with Crippen LogP contribution in [-0.4, -0.2) is 26.3 Å². The summed E-state index contributed by atoms with van der Waals surface area (Å²) in [5, 5.41) is 13.0. The van der Waals surface area contributed by atoms with Crippen LogP contribution in [0.4, 0.5) is 5.69 Å². The van der Waals surface area contributed by atoms with Gasteiger partial charge >= 0.3 is 0 Å². The van der Waals surface area contributed by atoms with Crippen molar-refractivity contribution in [2.75, 3.05) is 4.90 Å². The van der Waals surface area contributed by atoms with Crippen LogP contribution < -0.4 is 10.2 Å². The molecule has 0 radical (unpaired) electrons. The van der Waals surface area contributed by atoms with Gasteiger partial charge in [-0.3, -0.25) is 14.6 Å². The highest BCUT2D eigenvalue weighted by Crippen LogP contribution is 2.31. The van der Waals surface area contributed by atoms with Crippen molar-refractivity contribution >= 4 is 38.9 Å². The van der Waals surface area contributed by atoms with Gasteiger partial charge in [0.2, 0.25) is 5.91 Å². The Labute approximate surface area is 242 Å². The zero-order valence-corrected chi connectivity index (χ0v) is 23.6. The van der Waals surface area contributed by atoms with Crippen LogP contribution in [0, 0.1) is 11.3 Å². The molecule has 206 valence electrons. The maximum Gasteiger partial charge on any atom is 0.261 e. The molecule has 0 fully saturated rings. The van der Waals surface area contributed by atoms with E-state index in [1.165, 1.54) is 11.3 Å². The minimum Gasteiger partial charge on any atom is -0.347 e. The van der Waals surface area contributed by atoms with E-state index in [2.05, 4.69) is 28.3 Å². The van der Waals surface area contributed by atoms with E-state index in [1.807, 2.05) is 58.0 Å². The van der Waals surface area contributed by atoms with Gasteiger partial charge in [-0.2, -0.15) is 5.26 Å². The molecule has 0 unspecified atom stereocenters. The van der Waals surface area contributed by atoms with Gasteiger partial charge in [0, 0.05) is 48.5 Å². The van der Waals surface area contributed by atoms with E-state index in [9.17, 15) is 9.59 Å². The number of carbonyl (C=O) groups is 2. The molecule has 0 bridgehead atoms. The SMILES string of the molecule is CCCCC(=O)N(Cc1cncn1Cc1ccc(C#N)cc1)c1ccc2sc(C(=O)NCc3ccncc3)cc2c1. The summed E-state index contributed by atoms with van der Waals surface area (Å²) in [5.41, 5.74) is 4.33. The number of imidazole rings is 1. The number of nitrogens with one attached hydrogen (secondary N) is 1. The lowest BCUT2D eigenvalue weighted by molar-refractivity contribution is -0.118. The standard InChI is InChI=1S/C32H30N6O2S/c1-2-3-4-31(39)38(21-28-19-35-22-37(28)20-25-7-5-23(17-33)6-8-25)27-9-10-29-26(15-27)16-30(41-29)32(40)36-18-24-11-13-34-14-12-24/h5-16,19,22H,2-4,18,20-21H2,1H3,(H,36,40). The largest absolute Gasteiger partial charge is 0.347 e. The van der Waals surface area contributed by atoms with E-state index < -0.39 is 0 Å². The number of thiophene rings is 1. The van der Waals surface area contributed by atoms with Gasteiger partial charge in [0.1, 0.15) is 0 Å². The Morgan fingerprint density at radius 1 is 1.02 bits per heavy atom. The Morgan fingerprint density at radius 2 is 1.83 bits per heavy atom. The van der Waals surface area contributed by atoms with E-state index in [4.69, 9.17) is 5.26 Å². The zero-order chi connectivity index (χ0) is 28.6. The molecule has 3 heterocycles. The summed E-state index contributed by atoms with van der Waals surface area (Å²) in [5.74, 6) is -0.0879. The molecule has 5 rings (SSSR count). The van der Waals surface area contributed by atoms with Gasteiger partial charge in [0.05, 0.1) is 35.1 Å². The van der Waals surface area contributed by atoms with Gasteiger partial charge in [-0.15, -0.1) is 11.3 Å². The first-order valence-electron chi connectivity index (χ1n) is 13.5. The summed E-state index contributed by atoms with van der Waals surface area (Å²) in [7, 11) is 0. The minimum absolute atomic E-state index is 0.0443. The molecule has 5 aromatic rings. The monoisotopic (exact) mass is 562 g/mol. The fourth-order valence-corrected chi connectivity index (χ4v) is 5.49. The van der Waals surface area contributed by atoms with E-state index in [-0.39, 0.29) is 11.8 Å². The molecule has 0 aliphatic heterocycles. The Balaban J connectivity index is 1.37. The molecular formula is C32H30N6O2S. The van der Waals surface area contributed by atoms with Crippen molar-refractivity contribution in [3.8, 4) is 6.07 Å². The van der Waals surface area contributed by atoms with E-state index in [0.29, 0.717) is 36.5 Å². The van der Waals surface area contributed by atoms with E-state index in [1.54, 1.807) is 37.1 Å². The van der Waals surface area contributed by atoms with Crippen LogP contribution in [0.5, 0.6) is 0 Å². The number of rotatable bonds is 11. The normalized spacial score (nSPS) is 10.8. The fraction of sp³-hybridized carbons (Fsp3) is 0.219. The van der Waals surface area contributed by atoms with Crippen molar-refractivity contribution in [3.63, 3.8) is 0 Å². The van der Waals surface area contributed by atoms with E-state index in [0.717, 1.165) is 45.4 Å². The quantitative estimate of drug-likeness (QED) is 0.211. The Bertz CT molecular complexity index is 1690. The Morgan fingerprint density at radius 3 is 2.59 bits per heavy atom. The number of nitrogens with zero attached hydrogens (tertiary/aromatic N) is 5. The van der Waals surface area contributed by atoms with Crippen LogP contribution in [0.3, 0.4) is 0 Å². The number of pyridine rings is 1. The van der Waals surface area contributed by atoms with Crippen LogP contribution in [0.15, 0.2) is 85.6 Å². The first-order chi connectivity index (χ1) is 20.0. The number of hydrogen-bond acceptors (Lipinski definition) is 6. The average Bonchev–Trinajstić information content (AvgIpc) is 3.64. The third-order valence-electron chi connectivity index (χ3n) is 6.84. The third kappa shape index (κ3) is 6.86. The van der Waals surface area contributed by atoms with Crippen molar-refractivity contribution in [1.82, 2.24) is 19.9 Å². The predicted molar refractivity (Wildman–Crippen MR) is 160 cm³/mol. The summed E-state index contributed by atoms with van der Waals surface area (Å²) < 4.78 is 3.00. The molecule has 0 atom stereocenters. The summed E-state index contributed by atoms with van der Waals surface area (Å²) in [6, 6.07) is 21.1. The predicted octanol–water partition coefficient (Wildman–Crippen LogP) is 6.07. The van der Waals surface area contributed by atoms with Gasteiger partial charge < -0.3 is 14.8 Å². The molecule has 41 heavy (non-hydrogen) atoms. The molecule has 0 saturated heterocycles. The number of anilines is 1. The van der Waals surface area contributed by atoms with Gasteiger partial charge in [-0.25, -0.2) is 4.98 Å². The molecule has 0 saturated carbocycles. The third-order valence-corrected chi connectivity index (χ3v) is 7.95. The first-order valence-corrected chi connectivity index (χ1v) is 14.3. The molecular weight excluding hydrogens is 532 g/mol. The Kier molecular flexibility index (Phi) is 8.82. The van der Waals surface area contributed by atoms with Crippen molar-refractivity contribution in [2.45, 2.75) is 45.8 Å². The van der Waals surface area contributed by atoms with Crippen LogP contribution >= 0.6 is 11.3 Å². The fourth-order valence-electron chi connectivity index (χ4n) is 4.53. The number of hydrogen-bond donors (Lipinski definition) is 1. The van der Waals surface area contributed by atoms with Crippen molar-refractivity contribution < 1.29 is 9.59 Å². The molecule has 3 aromatic heterocycles. The topological polar surface area (TPSA) is 104 Å². The van der Waals surface area contributed by atoms with Crippen molar-refractivity contribution in [1.29, 1.82) is 5.26 Å². The molecule has 0 aliphatic rings. The lowest BCUT2D eigenvalue weighted by Crippen LogP contribution is -2.31. The second-order valence-electron chi connectivity index (χ2n) is 9.78. The van der Waals surface area contributed by atoms with E-state index >= 15 is 0 Å².